The van der Waals surface area contributed by atoms with Gasteiger partial charge in [-0.2, -0.15) is 0 Å². The molecule has 0 saturated carbocycles. The highest BCUT2D eigenvalue weighted by molar-refractivity contribution is 7.14. The van der Waals surface area contributed by atoms with Crippen molar-refractivity contribution in [1.29, 1.82) is 0 Å². The maximum absolute atomic E-state index is 5.68. The summed E-state index contributed by atoms with van der Waals surface area (Å²) in [6, 6.07) is 2.15. The van der Waals surface area contributed by atoms with Crippen LogP contribution < -0.4 is 0 Å². The molecule has 0 spiro atoms. The number of hydrogen-bond acceptors (Lipinski definition) is 3. The van der Waals surface area contributed by atoms with E-state index in [4.69, 9.17) is 11.6 Å². The summed E-state index contributed by atoms with van der Waals surface area (Å²) in [5.41, 5.74) is 2.18. The summed E-state index contributed by atoms with van der Waals surface area (Å²) in [7, 11) is 0. The number of thiophene rings is 1. The SMILES string of the molecule is Cc1cc(-c2nc(CCl)cs2)cs1. The van der Waals surface area contributed by atoms with Gasteiger partial charge in [-0.1, -0.05) is 0 Å². The number of thiazole rings is 1. The first-order chi connectivity index (χ1) is 6.29. The fourth-order valence-corrected chi connectivity index (χ4v) is 2.85. The van der Waals surface area contributed by atoms with Crippen LogP contribution in [0.3, 0.4) is 0 Å². The van der Waals surface area contributed by atoms with Gasteiger partial charge < -0.3 is 0 Å². The Morgan fingerprint density at radius 2 is 2.23 bits per heavy atom. The van der Waals surface area contributed by atoms with Crippen molar-refractivity contribution in [1.82, 2.24) is 4.98 Å². The first kappa shape index (κ1) is 9.19. The van der Waals surface area contributed by atoms with Gasteiger partial charge in [-0.3, -0.25) is 0 Å². The van der Waals surface area contributed by atoms with Crippen LogP contribution in [0.1, 0.15) is 10.6 Å². The second-order valence-corrected chi connectivity index (χ2v) is 4.96. The fourth-order valence-electron chi connectivity index (χ4n) is 1.06. The molecule has 13 heavy (non-hydrogen) atoms. The number of rotatable bonds is 2. The van der Waals surface area contributed by atoms with Crippen LogP contribution in [0.5, 0.6) is 0 Å². The normalized spacial score (nSPS) is 10.6. The second kappa shape index (κ2) is 3.78. The van der Waals surface area contributed by atoms with Crippen molar-refractivity contribution in [3.05, 3.63) is 27.4 Å². The van der Waals surface area contributed by atoms with E-state index in [1.807, 2.05) is 5.38 Å². The molecule has 0 saturated heterocycles. The molecule has 2 heterocycles. The largest absolute Gasteiger partial charge is 0.240 e. The standard InChI is InChI=1S/C9H8ClNS2/c1-6-2-7(4-12-6)9-11-8(3-10)5-13-9/h2,4-5H,3H2,1H3. The third-order valence-electron chi connectivity index (χ3n) is 1.67. The number of nitrogens with zero attached hydrogens (tertiary/aromatic N) is 1. The minimum Gasteiger partial charge on any atom is -0.240 e. The molecule has 68 valence electrons. The number of alkyl halides is 1. The van der Waals surface area contributed by atoms with E-state index in [9.17, 15) is 0 Å². The van der Waals surface area contributed by atoms with Crippen molar-refractivity contribution in [3.63, 3.8) is 0 Å². The van der Waals surface area contributed by atoms with Crippen LogP contribution in [-0.2, 0) is 5.88 Å². The number of aryl methyl sites for hydroxylation is 1. The maximum atomic E-state index is 5.68. The van der Waals surface area contributed by atoms with Gasteiger partial charge in [0.15, 0.2) is 0 Å². The highest BCUT2D eigenvalue weighted by Crippen LogP contribution is 2.28. The van der Waals surface area contributed by atoms with E-state index in [0.717, 1.165) is 10.7 Å². The lowest BCUT2D eigenvalue weighted by Crippen LogP contribution is -1.76. The van der Waals surface area contributed by atoms with E-state index in [2.05, 4.69) is 23.4 Å². The molecule has 2 rings (SSSR count). The molecule has 0 aliphatic heterocycles. The number of aromatic nitrogens is 1. The lowest BCUT2D eigenvalue weighted by molar-refractivity contribution is 1.23. The van der Waals surface area contributed by atoms with Crippen LogP contribution in [0.2, 0.25) is 0 Å². The van der Waals surface area contributed by atoms with Gasteiger partial charge in [0.25, 0.3) is 0 Å². The zero-order valence-electron chi connectivity index (χ0n) is 7.08. The van der Waals surface area contributed by atoms with Gasteiger partial charge in [0.1, 0.15) is 5.01 Å². The molecule has 0 N–H and O–H groups in total. The topological polar surface area (TPSA) is 12.9 Å². The molecule has 0 radical (unpaired) electrons. The monoisotopic (exact) mass is 229 g/mol. The Balaban J connectivity index is 2.35. The highest BCUT2D eigenvalue weighted by Gasteiger charge is 2.04. The van der Waals surface area contributed by atoms with Gasteiger partial charge in [-0.05, 0) is 13.0 Å². The molecule has 4 heteroatoms. The first-order valence-corrected chi connectivity index (χ1v) is 6.15. The minimum atomic E-state index is 0.500. The second-order valence-electron chi connectivity index (χ2n) is 2.72. The van der Waals surface area contributed by atoms with Gasteiger partial charge in [0.2, 0.25) is 0 Å². The van der Waals surface area contributed by atoms with E-state index < -0.39 is 0 Å². The number of halogens is 1. The van der Waals surface area contributed by atoms with Crippen molar-refractivity contribution < 1.29 is 0 Å². The van der Waals surface area contributed by atoms with Crippen molar-refractivity contribution in [2.24, 2.45) is 0 Å². The predicted molar refractivity (Wildman–Crippen MR) is 59.7 cm³/mol. The molecule has 2 aromatic heterocycles. The third-order valence-corrected chi connectivity index (χ3v) is 3.74. The molecule has 0 fully saturated rings. The summed E-state index contributed by atoms with van der Waals surface area (Å²) >= 11 is 9.08. The average molecular weight is 230 g/mol. The van der Waals surface area contributed by atoms with E-state index in [-0.39, 0.29) is 0 Å². The molecule has 2 aromatic rings. The number of hydrogen-bond donors (Lipinski definition) is 0. The van der Waals surface area contributed by atoms with E-state index in [0.29, 0.717) is 5.88 Å². The molecular weight excluding hydrogens is 222 g/mol. The van der Waals surface area contributed by atoms with Crippen LogP contribution in [0.4, 0.5) is 0 Å². The predicted octanol–water partition coefficient (Wildman–Crippen LogP) is 3.92. The Labute approximate surface area is 90.0 Å². The van der Waals surface area contributed by atoms with Crippen molar-refractivity contribution in [3.8, 4) is 10.6 Å². The van der Waals surface area contributed by atoms with Gasteiger partial charge >= 0.3 is 0 Å². The lowest BCUT2D eigenvalue weighted by atomic mass is 10.3. The van der Waals surface area contributed by atoms with Gasteiger partial charge in [0, 0.05) is 21.2 Å². The Bertz CT molecular complexity index is 405. The van der Waals surface area contributed by atoms with Crippen LogP contribution in [-0.4, -0.2) is 4.98 Å². The van der Waals surface area contributed by atoms with Crippen molar-refractivity contribution in [2.75, 3.05) is 0 Å². The fraction of sp³-hybridized carbons (Fsp3) is 0.222. The molecule has 0 aliphatic rings. The van der Waals surface area contributed by atoms with E-state index in [1.165, 1.54) is 10.4 Å². The van der Waals surface area contributed by atoms with Crippen molar-refractivity contribution in [2.45, 2.75) is 12.8 Å². The molecule has 1 nitrogen and oxygen atoms in total. The smallest absolute Gasteiger partial charge is 0.124 e. The quantitative estimate of drug-likeness (QED) is 0.712. The summed E-state index contributed by atoms with van der Waals surface area (Å²) < 4.78 is 0. The summed E-state index contributed by atoms with van der Waals surface area (Å²) in [5.74, 6) is 0.500. The molecular formula is C9H8ClNS2. The minimum absolute atomic E-state index is 0.500. The van der Waals surface area contributed by atoms with Crippen LogP contribution in [0, 0.1) is 6.92 Å². The van der Waals surface area contributed by atoms with E-state index >= 15 is 0 Å². The third kappa shape index (κ3) is 1.93. The Morgan fingerprint density at radius 1 is 1.38 bits per heavy atom. The van der Waals surface area contributed by atoms with Gasteiger partial charge in [0.05, 0.1) is 11.6 Å². The Hall–Kier alpha value is -0.380. The summed E-state index contributed by atoms with van der Waals surface area (Å²) in [6.45, 7) is 2.10. The van der Waals surface area contributed by atoms with Gasteiger partial charge in [-0.25, -0.2) is 4.98 Å². The summed E-state index contributed by atoms with van der Waals surface area (Å²) in [5, 5.41) is 5.21. The van der Waals surface area contributed by atoms with Crippen LogP contribution in [0.25, 0.3) is 10.6 Å². The molecule has 0 amide bonds. The Morgan fingerprint density at radius 3 is 2.77 bits per heavy atom. The maximum Gasteiger partial charge on any atom is 0.124 e. The molecule has 0 unspecified atom stereocenters. The van der Waals surface area contributed by atoms with Gasteiger partial charge in [-0.15, -0.1) is 34.3 Å². The molecule has 0 aromatic carbocycles. The van der Waals surface area contributed by atoms with Crippen LogP contribution >= 0.6 is 34.3 Å². The van der Waals surface area contributed by atoms with E-state index in [1.54, 1.807) is 22.7 Å². The highest BCUT2D eigenvalue weighted by atomic mass is 35.5. The molecule has 0 atom stereocenters. The zero-order valence-corrected chi connectivity index (χ0v) is 9.47. The zero-order chi connectivity index (χ0) is 9.26. The summed E-state index contributed by atoms with van der Waals surface area (Å²) in [4.78, 5) is 5.72. The molecule has 0 bridgehead atoms. The lowest BCUT2D eigenvalue weighted by Gasteiger charge is -1.86. The Kier molecular flexibility index (Phi) is 2.67. The van der Waals surface area contributed by atoms with Crippen LogP contribution in [0.15, 0.2) is 16.8 Å². The first-order valence-electron chi connectivity index (χ1n) is 3.85. The molecule has 0 aliphatic carbocycles. The van der Waals surface area contributed by atoms with Crippen molar-refractivity contribution >= 4 is 34.3 Å². The average Bonchev–Trinajstić information content (AvgIpc) is 2.71. The summed E-state index contributed by atoms with van der Waals surface area (Å²) in [6.07, 6.45) is 0.